The molecule has 0 aromatic carbocycles. The Labute approximate surface area is 265 Å². The van der Waals surface area contributed by atoms with E-state index in [0.717, 1.165) is 38.5 Å². The summed E-state index contributed by atoms with van der Waals surface area (Å²) in [5.41, 5.74) is 0. The first-order valence-corrected chi connectivity index (χ1v) is 18.0. The normalized spacial score (nSPS) is 12.3. The largest absolute Gasteiger partial charge is 1.00 e. The maximum atomic E-state index is 12.2. The fourth-order valence-corrected chi connectivity index (χ4v) is 5.87. The Morgan fingerprint density at radius 1 is 0.538 bits per heavy atom. The molecule has 0 aliphatic carbocycles. The average Bonchev–Trinajstić information content (AvgIpc) is 2.88. The minimum absolute atomic E-state index is 0. The Kier molecular flexibility index (Phi) is 33.3. The van der Waals surface area contributed by atoms with Gasteiger partial charge in [0.2, 0.25) is 0 Å². The van der Waals surface area contributed by atoms with Gasteiger partial charge in [-0.15, -0.1) is 0 Å². The van der Waals surface area contributed by atoms with Crippen molar-refractivity contribution in [2.45, 2.75) is 192 Å². The zero-order valence-corrected chi connectivity index (χ0v) is 29.1. The summed E-state index contributed by atoms with van der Waals surface area (Å²) in [5.74, 6) is -0.850. The van der Waals surface area contributed by atoms with Crippen LogP contribution in [-0.2, 0) is 19.6 Å². The van der Waals surface area contributed by atoms with E-state index in [-0.39, 0.29) is 42.6 Å². The first-order chi connectivity index (χ1) is 18.4. The van der Waals surface area contributed by atoms with Crippen LogP contribution in [0.15, 0.2) is 0 Å². The van der Waals surface area contributed by atoms with Gasteiger partial charge in [-0.3, -0.25) is 4.79 Å². The van der Waals surface area contributed by atoms with Gasteiger partial charge in [-0.2, -0.15) is 0 Å². The van der Waals surface area contributed by atoms with E-state index in [1.807, 2.05) is 0 Å². The molecule has 0 rings (SSSR count). The van der Waals surface area contributed by atoms with Crippen LogP contribution in [0.3, 0.4) is 0 Å². The Hall–Kier alpha value is 0.380. The van der Waals surface area contributed by atoms with Gasteiger partial charge >= 0.3 is 35.5 Å². The second-order valence-corrected chi connectivity index (χ2v) is 13.0. The molecule has 0 amide bonds. The summed E-state index contributed by atoms with van der Waals surface area (Å²) in [7, 11) is -4.67. The number of hydrogen-bond donors (Lipinski definition) is 0. The van der Waals surface area contributed by atoms with Crippen molar-refractivity contribution >= 4 is 16.1 Å². The summed E-state index contributed by atoms with van der Waals surface area (Å²) in [6.45, 7) is 4.69. The monoisotopic (exact) mass is 582 g/mol. The molecule has 0 bridgehead atoms. The second-order valence-electron chi connectivity index (χ2n) is 11.4. The molecular weight excluding hydrogens is 519 g/mol. The van der Waals surface area contributed by atoms with Crippen LogP contribution in [-0.4, -0.2) is 30.8 Å². The van der Waals surface area contributed by atoms with Crippen molar-refractivity contribution in [3.63, 3.8) is 0 Å². The van der Waals surface area contributed by atoms with Crippen molar-refractivity contribution in [1.82, 2.24) is 0 Å². The van der Waals surface area contributed by atoms with Crippen molar-refractivity contribution < 1.29 is 52.1 Å². The molecule has 0 N–H and O–H groups in total. The Morgan fingerprint density at radius 3 is 1.13 bits per heavy atom. The Morgan fingerprint density at radius 2 is 0.821 bits per heavy atom. The molecule has 0 fully saturated rings. The number of carbonyl (C=O) groups excluding carboxylic acids is 1. The molecular formula is C32H63NaO5S. The fraction of sp³-hybridized carbons (Fsp3) is 0.969. The van der Waals surface area contributed by atoms with E-state index in [1.54, 1.807) is 0 Å². The summed E-state index contributed by atoms with van der Waals surface area (Å²) in [4.78, 5) is 12.2. The van der Waals surface area contributed by atoms with Crippen LogP contribution in [0.2, 0.25) is 0 Å². The van der Waals surface area contributed by atoms with Crippen LogP contribution in [0, 0.1) is 0 Å². The zero-order chi connectivity index (χ0) is 28.2. The number of unbranched alkanes of at least 4 members (excludes halogenated alkanes) is 24. The van der Waals surface area contributed by atoms with E-state index in [0.29, 0.717) is 6.42 Å². The number of carbonyl (C=O) groups is 1. The topological polar surface area (TPSA) is 83.5 Å². The molecule has 0 heterocycles. The van der Waals surface area contributed by atoms with Gasteiger partial charge in [-0.1, -0.05) is 174 Å². The van der Waals surface area contributed by atoms with Crippen LogP contribution in [0.5, 0.6) is 0 Å². The molecule has 0 aliphatic rings. The van der Waals surface area contributed by atoms with Crippen molar-refractivity contribution in [3.05, 3.63) is 0 Å². The molecule has 1 atom stereocenters. The molecule has 39 heavy (non-hydrogen) atoms. The van der Waals surface area contributed by atoms with Gasteiger partial charge in [0.05, 0.1) is 6.61 Å². The summed E-state index contributed by atoms with van der Waals surface area (Å²) < 4.78 is 39.9. The third-order valence-corrected chi connectivity index (χ3v) is 8.80. The Balaban J connectivity index is 0. The van der Waals surface area contributed by atoms with Gasteiger partial charge in [0, 0.05) is 0 Å². The van der Waals surface area contributed by atoms with Crippen LogP contribution in [0.1, 0.15) is 187 Å². The van der Waals surface area contributed by atoms with Gasteiger partial charge in [0.25, 0.3) is 0 Å². The second kappa shape index (κ2) is 31.3. The molecule has 0 aromatic heterocycles. The predicted octanol–water partition coefficient (Wildman–Crippen LogP) is 7.02. The van der Waals surface area contributed by atoms with Crippen LogP contribution >= 0.6 is 0 Å². The predicted molar refractivity (Wildman–Crippen MR) is 160 cm³/mol. The number of rotatable bonds is 30. The molecule has 7 heteroatoms. The molecule has 0 radical (unpaired) electrons. The quantitative estimate of drug-likeness (QED) is 0.0393. The maximum Gasteiger partial charge on any atom is 1.00 e. The van der Waals surface area contributed by atoms with E-state index in [9.17, 15) is 17.8 Å². The summed E-state index contributed by atoms with van der Waals surface area (Å²) in [5, 5.41) is -1.54. The van der Waals surface area contributed by atoms with E-state index < -0.39 is 21.3 Å². The number of hydrogen-bond acceptors (Lipinski definition) is 5. The van der Waals surface area contributed by atoms with Crippen molar-refractivity contribution in [2.24, 2.45) is 0 Å². The van der Waals surface area contributed by atoms with Gasteiger partial charge < -0.3 is 9.29 Å². The van der Waals surface area contributed by atoms with Crippen LogP contribution in [0.25, 0.3) is 0 Å². The minimum Gasteiger partial charge on any atom is -0.747 e. The molecule has 0 aromatic rings. The molecule has 0 saturated carbocycles. The summed E-state index contributed by atoms with van der Waals surface area (Å²) >= 11 is 0. The molecule has 1 unspecified atom stereocenters. The fourth-order valence-electron chi connectivity index (χ4n) is 5.11. The molecule has 0 spiro atoms. The SMILES string of the molecule is CCCCCCCCCCCCCCCCCCOC(=O)C(CCCCCCCCCCCC)S(=O)(=O)[O-].[Na+]. The maximum absolute atomic E-state index is 12.2. The van der Waals surface area contributed by atoms with Gasteiger partial charge in [0.15, 0.2) is 0 Å². The smallest absolute Gasteiger partial charge is 0.747 e. The summed E-state index contributed by atoms with van der Waals surface area (Å²) in [6, 6.07) is 0. The first kappa shape index (κ1) is 41.5. The third kappa shape index (κ3) is 29.7. The van der Waals surface area contributed by atoms with Crippen LogP contribution < -0.4 is 29.6 Å². The number of ether oxygens (including phenoxy) is 1. The number of esters is 1. The van der Waals surface area contributed by atoms with Crippen molar-refractivity contribution in [2.75, 3.05) is 6.61 Å². The zero-order valence-electron chi connectivity index (χ0n) is 26.3. The van der Waals surface area contributed by atoms with Gasteiger partial charge in [-0.25, -0.2) is 8.42 Å². The van der Waals surface area contributed by atoms with Gasteiger partial charge in [-0.05, 0) is 12.8 Å². The first-order valence-electron chi connectivity index (χ1n) is 16.5. The van der Waals surface area contributed by atoms with E-state index in [4.69, 9.17) is 4.74 Å². The Bertz CT molecular complexity index is 612. The van der Waals surface area contributed by atoms with Crippen LogP contribution in [0.4, 0.5) is 0 Å². The van der Waals surface area contributed by atoms with E-state index in [2.05, 4.69) is 13.8 Å². The minimum atomic E-state index is -4.67. The third-order valence-electron chi connectivity index (χ3n) is 7.67. The standard InChI is InChI=1S/C32H64O5S.Na/c1-3-5-7-9-11-13-15-16-17-18-19-20-22-24-26-28-30-37-32(33)31(38(34,35)36)29-27-25-23-21-14-12-10-8-6-4-2;/h31H,3-30H2,1-2H3,(H,34,35,36);/q;+1/p-1. The average molecular weight is 583 g/mol. The van der Waals surface area contributed by atoms with Crippen molar-refractivity contribution in [1.29, 1.82) is 0 Å². The molecule has 228 valence electrons. The summed E-state index contributed by atoms with van der Waals surface area (Å²) in [6.07, 6.45) is 31.6. The van der Waals surface area contributed by atoms with Gasteiger partial charge in [0.1, 0.15) is 15.4 Å². The van der Waals surface area contributed by atoms with E-state index >= 15 is 0 Å². The van der Waals surface area contributed by atoms with E-state index in [1.165, 1.54) is 122 Å². The van der Waals surface area contributed by atoms with Crippen molar-refractivity contribution in [3.8, 4) is 0 Å². The molecule has 0 saturated heterocycles. The molecule has 0 aliphatic heterocycles. The molecule has 5 nitrogen and oxygen atoms in total.